The Morgan fingerprint density at radius 1 is 0.852 bits per heavy atom. The lowest BCUT2D eigenvalue weighted by Gasteiger charge is -2.32. The SMILES string of the molecule is O=C(NC1CCN(C(=O)c2ccc3c(c2)CCCC3)CC1)c1ccccc1. The summed E-state index contributed by atoms with van der Waals surface area (Å²) in [6.45, 7) is 1.38. The average molecular weight is 362 g/mol. The van der Waals surface area contributed by atoms with E-state index in [9.17, 15) is 9.59 Å². The average Bonchev–Trinajstić information content (AvgIpc) is 2.74. The van der Waals surface area contributed by atoms with Crippen molar-refractivity contribution in [3.63, 3.8) is 0 Å². The lowest BCUT2D eigenvalue weighted by atomic mass is 9.90. The van der Waals surface area contributed by atoms with E-state index in [4.69, 9.17) is 0 Å². The molecule has 0 unspecified atom stereocenters. The van der Waals surface area contributed by atoms with E-state index in [-0.39, 0.29) is 17.9 Å². The molecule has 0 bridgehead atoms. The molecule has 0 spiro atoms. The van der Waals surface area contributed by atoms with Crippen molar-refractivity contribution in [2.45, 2.75) is 44.6 Å². The van der Waals surface area contributed by atoms with E-state index < -0.39 is 0 Å². The van der Waals surface area contributed by atoms with Gasteiger partial charge in [0.25, 0.3) is 11.8 Å². The van der Waals surface area contributed by atoms with E-state index in [2.05, 4.69) is 17.4 Å². The Kier molecular flexibility index (Phi) is 5.23. The van der Waals surface area contributed by atoms with Crippen LogP contribution in [0.1, 0.15) is 57.5 Å². The molecule has 1 saturated heterocycles. The van der Waals surface area contributed by atoms with Gasteiger partial charge in [0.1, 0.15) is 0 Å². The second-order valence-electron chi connectivity index (χ2n) is 7.60. The maximum Gasteiger partial charge on any atom is 0.253 e. The number of nitrogens with one attached hydrogen (secondary N) is 1. The van der Waals surface area contributed by atoms with Gasteiger partial charge in [-0.1, -0.05) is 24.3 Å². The molecule has 140 valence electrons. The van der Waals surface area contributed by atoms with Crippen LogP contribution in [0.15, 0.2) is 48.5 Å². The van der Waals surface area contributed by atoms with Crippen LogP contribution in [0.3, 0.4) is 0 Å². The van der Waals surface area contributed by atoms with Crippen molar-refractivity contribution in [1.82, 2.24) is 10.2 Å². The van der Waals surface area contributed by atoms with E-state index in [0.29, 0.717) is 18.7 Å². The van der Waals surface area contributed by atoms with Gasteiger partial charge < -0.3 is 10.2 Å². The molecule has 4 heteroatoms. The fourth-order valence-corrected chi connectivity index (χ4v) is 4.13. The highest BCUT2D eigenvalue weighted by Gasteiger charge is 2.25. The molecular weight excluding hydrogens is 336 g/mol. The number of likely N-dealkylation sites (tertiary alicyclic amines) is 1. The van der Waals surface area contributed by atoms with Gasteiger partial charge in [0.2, 0.25) is 0 Å². The van der Waals surface area contributed by atoms with Crippen LogP contribution in [0.2, 0.25) is 0 Å². The number of carbonyl (C=O) groups excluding carboxylic acids is 2. The lowest BCUT2D eigenvalue weighted by Crippen LogP contribution is -2.46. The number of rotatable bonds is 3. The molecule has 2 aliphatic rings. The molecule has 2 amide bonds. The minimum absolute atomic E-state index is 0.0323. The Bertz CT molecular complexity index is 824. The molecule has 1 heterocycles. The van der Waals surface area contributed by atoms with E-state index in [1.807, 2.05) is 41.3 Å². The van der Waals surface area contributed by atoms with Crippen LogP contribution < -0.4 is 5.32 Å². The number of nitrogens with zero attached hydrogens (tertiary/aromatic N) is 1. The van der Waals surface area contributed by atoms with Gasteiger partial charge >= 0.3 is 0 Å². The van der Waals surface area contributed by atoms with Crippen LogP contribution >= 0.6 is 0 Å². The monoisotopic (exact) mass is 362 g/mol. The topological polar surface area (TPSA) is 49.4 Å². The molecule has 0 aromatic heterocycles. The molecule has 27 heavy (non-hydrogen) atoms. The summed E-state index contributed by atoms with van der Waals surface area (Å²) in [7, 11) is 0. The summed E-state index contributed by atoms with van der Waals surface area (Å²) in [6, 6.07) is 15.6. The van der Waals surface area contributed by atoms with E-state index in [0.717, 1.165) is 31.2 Å². The van der Waals surface area contributed by atoms with Gasteiger partial charge in [-0.2, -0.15) is 0 Å². The van der Waals surface area contributed by atoms with Crippen molar-refractivity contribution >= 4 is 11.8 Å². The molecule has 2 aromatic rings. The molecule has 1 aliphatic carbocycles. The Balaban J connectivity index is 1.33. The highest BCUT2D eigenvalue weighted by Crippen LogP contribution is 2.23. The molecule has 0 radical (unpaired) electrons. The zero-order valence-electron chi connectivity index (χ0n) is 15.6. The number of fused-ring (bicyclic) bond motifs is 1. The fraction of sp³-hybridized carbons (Fsp3) is 0.391. The van der Waals surface area contributed by atoms with Gasteiger partial charge in [0.05, 0.1) is 0 Å². The van der Waals surface area contributed by atoms with Crippen molar-refractivity contribution in [3.05, 3.63) is 70.8 Å². The first-order chi connectivity index (χ1) is 13.2. The fourth-order valence-electron chi connectivity index (χ4n) is 4.13. The van der Waals surface area contributed by atoms with Crippen molar-refractivity contribution in [2.75, 3.05) is 13.1 Å². The van der Waals surface area contributed by atoms with Crippen molar-refractivity contribution < 1.29 is 9.59 Å². The third-order valence-corrected chi connectivity index (χ3v) is 5.75. The molecule has 0 atom stereocenters. The summed E-state index contributed by atoms with van der Waals surface area (Å²) >= 11 is 0. The van der Waals surface area contributed by atoms with Crippen LogP contribution in [-0.2, 0) is 12.8 Å². The molecule has 1 fully saturated rings. The first-order valence-corrected chi connectivity index (χ1v) is 9.98. The van der Waals surface area contributed by atoms with Gasteiger partial charge in [-0.15, -0.1) is 0 Å². The minimum Gasteiger partial charge on any atom is -0.349 e. The van der Waals surface area contributed by atoms with Gasteiger partial charge in [-0.3, -0.25) is 9.59 Å². The second kappa shape index (κ2) is 7.95. The van der Waals surface area contributed by atoms with Crippen molar-refractivity contribution in [2.24, 2.45) is 0 Å². The molecule has 1 N–H and O–H groups in total. The first-order valence-electron chi connectivity index (χ1n) is 9.98. The van der Waals surface area contributed by atoms with Gasteiger partial charge in [-0.25, -0.2) is 0 Å². The quantitative estimate of drug-likeness (QED) is 0.907. The van der Waals surface area contributed by atoms with Crippen LogP contribution in [-0.4, -0.2) is 35.8 Å². The number of amides is 2. The van der Waals surface area contributed by atoms with Gasteiger partial charge in [0.15, 0.2) is 0 Å². The van der Waals surface area contributed by atoms with Gasteiger partial charge in [0, 0.05) is 30.3 Å². The van der Waals surface area contributed by atoms with Crippen molar-refractivity contribution in [3.8, 4) is 0 Å². The molecule has 0 saturated carbocycles. The number of benzene rings is 2. The van der Waals surface area contributed by atoms with Gasteiger partial charge in [-0.05, 0) is 73.9 Å². The predicted molar refractivity (Wildman–Crippen MR) is 106 cm³/mol. The number of hydrogen-bond donors (Lipinski definition) is 1. The molecule has 2 aromatic carbocycles. The van der Waals surface area contributed by atoms with E-state index in [1.54, 1.807) is 0 Å². The van der Waals surface area contributed by atoms with Crippen LogP contribution in [0.5, 0.6) is 0 Å². The lowest BCUT2D eigenvalue weighted by molar-refractivity contribution is 0.0698. The normalized spacial score (nSPS) is 17.3. The predicted octanol–water partition coefficient (Wildman–Crippen LogP) is 3.60. The van der Waals surface area contributed by atoms with Crippen LogP contribution in [0.25, 0.3) is 0 Å². The number of piperidine rings is 1. The van der Waals surface area contributed by atoms with Crippen molar-refractivity contribution in [1.29, 1.82) is 0 Å². The summed E-state index contributed by atoms with van der Waals surface area (Å²) < 4.78 is 0. The number of aryl methyl sites for hydroxylation is 2. The standard InChI is InChI=1S/C23H26N2O2/c26-22(18-7-2-1-3-8-18)24-21-12-14-25(15-13-21)23(27)20-11-10-17-6-4-5-9-19(17)16-20/h1-3,7-8,10-11,16,21H,4-6,9,12-15H2,(H,24,26). The highest BCUT2D eigenvalue weighted by atomic mass is 16.2. The smallest absolute Gasteiger partial charge is 0.253 e. The number of hydrogen-bond acceptors (Lipinski definition) is 2. The molecular formula is C23H26N2O2. The Morgan fingerprint density at radius 2 is 1.56 bits per heavy atom. The summed E-state index contributed by atoms with van der Waals surface area (Å²) in [5.41, 5.74) is 4.24. The summed E-state index contributed by atoms with van der Waals surface area (Å²) in [4.78, 5) is 27.1. The maximum atomic E-state index is 12.9. The zero-order valence-corrected chi connectivity index (χ0v) is 15.6. The summed E-state index contributed by atoms with van der Waals surface area (Å²) in [5, 5.41) is 3.10. The summed E-state index contributed by atoms with van der Waals surface area (Å²) in [5.74, 6) is 0.0891. The van der Waals surface area contributed by atoms with E-state index in [1.165, 1.54) is 24.0 Å². The molecule has 1 aliphatic heterocycles. The highest BCUT2D eigenvalue weighted by molar-refractivity contribution is 5.95. The Morgan fingerprint density at radius 3 is 2.30 bits per heavy atom. The minimum atomic E-state index is -0.0323. The molecule has 4 nitrogen and oxygen atoms in total. The zero-order chi connectivity index (χ0) is 18.6. The first kappa shape index (κ1) is 17.8. The Hall–Kier alpha value is -2.62. The Labute approximate surface area is 160 Å². The summed E-state index contributed by atoms with van der Waals surface area (Å²) in [6.07, 6.45) is 6.30. The second-order valence-corrected chi connectivity index (χ2v) is 7.60. The number of carbonyl (C=O) groups is 2. The van der Waals surface area contributed by atoms with Crippen LogP contribution in [0.4, 0.5) is 0 Å². The largest absolute Gasteiger partial charge is 0.349 e. The molecule has 4 rings (SSSR count). The maximum absolute atomic E-state index is 12.9. The third-order valence-electron chi connectivity index (χ3n) is 5.75. The third kappa shape index (κ3) is 4.05. The van der Waals surface area contributed by atoms with Crippen LogP contribution in [0, 0.1) is 0 Å². The van der Waals surface area contributed by atoms with E-state index >= 15 is 0 Å².